The summed E-state index contributed by atoms with van der Waals surface area (Å²) in [5.41, 5.74) is 3.31. The Morgan fingerprint density at radius 3 is 3.00 bits per heavy atom. The van der Waals surface area contributed by atoms with E-state index in [1.165, 1.54) is 5.56 Å². The molecular formula is C16H18IN3O. The molecule has 1 aromatic heterocycles. The van der Waals surface area contributed by atoms with Crippen LogP contribution in [0.5, 0.6) is 5.75 Å². The molecule has 0 unspecified atom stereocenters. The van der Waals surface area contributed by atoms with Gasteiger partial charge in [0.25, 0.3) is 0 Å². The minimum absolute atomic E-state index is 0.772. The number of hydrogen-bond donors (Lipinski definition) is 1. The Morgan fingerprint density at radius 2 is 2.19 bits per heavy atom. The summed E-state index contributed by atoms with van der Waals surface area (Å²) in [5.74, 6) is 2.70. The Morgan fingerprint density at radius 1 is 1.33 bits per heavy atom. The van der Waals surface area contributed by atoms with Crippen molar-refractivity contribution in [2.45, 2.75) is 26.7 Å². The van der Waals surface area contributed by atoms with Crippen LogP contribution in [0.3, 0.4) is 0 Å². The lowest BCUT2D eigenvalue weighted by Gasteiger charge is -2.11. The molecule has 0 atom stereocenters. The molecule has 0 bridgehead atoms. The van der Waals surface area contributed by atoms with Crippen LogP contribution in [0.2, 0.25) is 0 Å². The number of fused-ring (bicyclic) bond motifs is 1. The molecule has 0 radical (unpaired) electrons. The van der Waals surface area contributed by atoms with Gasteiger partial charge < -0.3 is 10.1 Å². The second-order valence-corrected chi connectivity index (χ2v) is 6.22. The summed E-state index contributed by atoms with van der Waals surface area (Å²) in [7, 11) is 0. The fourth-order valence-corrected chi connectivity index (χ4v) is 2.81. The third-order valence-electron chi connectivity index (χ3n) is 3.51. The number of benzene rings is 1. The number of aromatic nitrogens is 2. The lowest BCUT2D eigenvalue weighted by Crippen LogP contribution is -2.07. The predicted molar refractivity (Wildman–Crippen MR) is 92.9 cm³/mol. The van der Waals surface area contributed by atoms with E-state index in [1.807, 2.05) is 19.1 Å². The van der Waals surface area contributed by atoms with Crippen molar-refractivity contribution in [2.24, 2.45) is 0 Å². The first-order chi connectivity index (χ1) is 10.2. The van der Waals surface area contributed by atoms with Crippen molar-refractivity contribution in [1.29, 1.82) is 0 Å². The fraction of sp³-hybridized carbons (Fsp3) is 0.375. The molecule has 0 saturated heterocycles. The summed E-state index contributed by atoms with van der Waals surface area (Å²) in [6, 6.07) is 6.20. The van der Waals surface area contributed by atoms with Crippen molar-refractivity contribution in [3.63, 3.8) is 0 Å². The van der Waals surface area contributed by atoms with Crippen LogP contribution in [0.15, 0.2) is 18.2 Å². The molecule has 3 rings (SSSR count). The monoisotopic (exact) mass is 395 g/mol. The van der Waals surface area contributed by atoms with Gasteiger partial charge in [-0.25, -0.2) is 9.97 Å². The van der Waals surface area contributed by atoms with Gasteiger partial charge in [0.05, 0.1) is 15.9 Å². The zero-order valence-electron chi connectivity index (χ0n) is 12.2. The molecular weight excluding hydrogens is 377 g/mol. The first kappa shape index (κ1) is 14.6. The Balaban J connectivity index is 2.00. The maximum Gasteiger partial charge on any atom is 0.161 e. The number of ether oxygens (including phenoxy) is 1. The van der Waals surface area contributed by atoms with E-state index in [2.05, 4.69) is 45.9 Å². The number of nitrogens with one attached hydrogen (secondary N) is 1. The number of nitrogens with zero attached hydrogens (tertiary/aromatic N) is 2. The van der Waals surface area contributed by atoms with E-state index in [4.69, 9.17) is 9.72 Å². The van der Waals surface area contributed by atoms with Crippen LogP contribution in [0.1, 0.15) is 24.6 Å². The summed E-state index contributed by atoms with van der Waals surface area (Å²) >= 11 is 2.30. The first-order valence-corrected chi connectivity index (χ1v) is 8.31. The highest BCUT2D eigenvalue weighted by atomic mass is 127. The lowest BCUT2D eigenvalue weighted by atomic mass is 10.1. The predicted octanol–water partition coefficient (Wildman–Crippen LogP) is 3.81. The zero-order valence-corrected chi connectivity index (χ0v) is 14.4. The molecule has 5 heteroatoms. The van der Waals surface area contributed by atoms with Crippen LogP contribution in [0.4, 0.5) is 5.82 Å². The van der Waals surface area contributed by atoms with Crippen molar-refractivity contribution < 1.29 is 4.74 Å². The summed E-state index contributed by atoms with van der Waals surface area (Å²) in [6.07, 6.45) is 2.04. The van der Waals surface area contributed by atoms with E-state index in [0.717, 1.165) is 58.2 Å². The van der Waals surface area contributed by atoms with Crippen molar-refractivity contribution in [1.82, 2.24) is 9.97 Å². The maximum absolute atomic E-state index is 5.55. The standard InChI is InChI=1S/C16H18IN3O/c1-3-7-18-16-14(17)10(2)19-15(20-16)12-4-5-13-11(9-12)6-8-21-13/h4-5,9H,3,6-8H2,1-2H3,(H,18,19,20). The van der Waals surface area contributed by atoms with Gasteiger partial charge >= 0.3 is 0 Å². The maximum atomic E-state index is 5.55. The minimum Gasteiger partial charge on any atom is -0.493 e. The summed E-state index contributed by atoms with van der Waals surface area (Å²) in [6.45, 7) is 5.87. The molecule has 4 nitrogen and oxygen atoms in total. The fourth-order valence-electron chi connectivity index (χ4n) is 2.37. The second-order valence-electron chi connectivity index (χ2n) is 5.14. The molecule has 110 valence electrons. The number of rotatable bonds is 4. The van der Waals surface area contributed by atoms with Gasteiger partial charge in [-0.15, -0.1) is 0 Å². The second kappa shape index (κ2) is 6.17. The molecule has 2 aromatic rings. The lowest BCUT2D eigenvalue weighted by molar-refractivity contribution is 0.357. The van der Waals surface area contributed by atoms with Crippen molar-refractivity contribution in [3.8, 4) is 17.1 Å². The van der Waals surface area contributed by atoms with Gasteiger partial charge in [0, 0.05) is 18.5 Å². The third-order valence-corrected chi connectivity index (χ3v) is 4.80. The molecule has 0 spiro atoms. The van der Waals surface area contributed by atoms with E-state index < -0.39 is 0 Å². The van der Waals surface area contributed by atoms with Crippen molar-refractivity contribution in [3.05, 3.63) is 33.0 Å². The van der Waals surface area contributed by atoms with E-state index in [-0.39, 0.29) is 0 Å². The molecule has 1 N–H and O–H groups in total. The first-order valence-electron chi connectivity index (χ1n) is 7.23. The normalized spacial score (nSPS) is 12.9. The van der Waals surface area contributed by atoms with Gasteiger partial charge in [-0.1, -0.05) is 6.92 Å². The van der Waals surface area contributed by atoms with Crippen LogP contribution < -0.4 is 10.1 Å². The Labute approximate surface area is 138 Å². The Bertz CT molecular complexity index is 673. The van der Waals surface area contributed by atoms with Crippen LogP contribution in [-0.2, 0) is 6.42 Å². The average molecular weight is 395 g/mol. The van der Waals surface area contributed by atoms with Gasteiger partial charge in [0.15, 0.2) is 5.82 Å². The highest BCUT2D eigenvalue weighted by Crippen LogP contribution is 2.30. The van der Waals surface area contributed by atoms with Crippen LogP contribution in [0, 0.1) is 10.5 Å². The quantitative estimate of drug-likeness (QED) is 0.800. The molecule has 1 aromatic carbocycles. The van der Waals surface area contributed by atoms with E-state index in [0.29, 0.717) is 0 Å². The van der Waals surface area contributed by atoms with Gasteiger partial charge in [0.2, 0.25) is 0 Å². The molecule has 0 saturated carbocycles. The van der Waals surface area contributed by atoms with Crippen LogP contribution in [0.25, 0.3) is 11.4 Å². The van der Waals surface area contributed by atoms with Crippen LogP contribution in [-0.4, -0.2) is 23.1 Å². The SMILES string of the molecule is CCCNc1nc(-c2ccc3c(c2)CCO3)nc(C)c1I. The molecule has 0 amide bonds. The third kappa shape index (κ3) is 2.97. The van der Waals surface area contributed by atoms with Gasteiger partial charge in [-0.3, -0.25) is 0 Å². The Kier molecular flexibility index (Phi) is 4.28. The van der Waals surface area contributed by atoms with Gasteiger partial charge in [-0.2, -0.15) is 0 Å². The highest BCUT2D eigenvalue weighted by Gasteiger charge is 2.15. The van der Waals surface area contributed by atoms with Crippen LogP contribution >= 0.6 is 22.6 Å². The molecule has 0 fully saturated rings. The number of anilines is 1. The van der Waals surface area contributed by atoms with Crippen molar-refractivity contribution >= 4 is 28.4 Å². The minimum atomic E-state index is 0.772. The molecule has 21 heavy (non-hydrogen) atoms. The highest BCUT2D eigenvalue weighted by molar-refractivity contribution is 14.1. The topological polar surface area (TPSA) is 47.0 Å². The molecule has 2 heterocycles. The average Bonchev–Trinajstić information content (AvgIpc) is 2.96. The smallest absolute Gasteiger partial charge is 0.161 e. The number of hydrogen-bond acceptors (Lipinski definition) is 4. The van der Waals surface area contributed by atoms with Crippen molar-refractivity contribution in [2.75, 3.05) is 18.5 Å². The Hall–Kier alpha value is -1.37. The molecule has 1 aliphatic rings. The van der Waals surface area contributed by atoms with E-state index >= 15 is 0 Å². The number of aryl methyl sites for hydroxylation is 1. The number of halogens is 1. The van der Waals surface area contributed by atoms with E-state index in [9.17, 15) is 0 Å². The van der Waals surface area contributed by atoms with Gasteiger partial charge in [-0.05, 0) is 59.7 Å². The molecule has 0 aliphatic carbocycles. The zero-order chi connectivity index (χ0) is 14.8. The summed E-state index contributed by atoms with van der Waals surface area (Å²) in [4.78, 5) is 9.33. The summed E-state index contributed by atoms with van der Waals surface area (Å²) < 4.78 is 6.65. The summed E-state index contributed by atoms with van der Waals surface area (Å²) in [5, 5.41) is 3.38. The largest absolute Gasteiger partial charge is 0.493 e. The van der Waals surface area contributed by atoms with Gasteiger partial charge in [0.1, 0.15) is 11.6 Å². The molecule has 1 aliphatic heterocycles. The van der Waals surface area contributed by atoms with E-state index in [1.54, 1.807) is 0 Å².